The highest BCUT2D eigenvalue weighted by molar-refractivity contribution is 5.82. The fraction of sp³-hybridized carbons (Fsp3) is 0.600. The largest absolute Gasteiger partial charge is 0.255 e. The van der Waals surface area contributed by atoms with E-state index in [0.717, 1.165) is 12.3 Å². The van der Waals surface area contributed by atoms with E-state index in [1.165, 1.54) is 0 Å². The van der Waals surface area contributed by atoms with Crippen molar-refractivity contribution in [3.05, 3.63) is 12.3 Å². The van der Waals surface area contributed by atoms with Gasteiger partial charge in [0, 0.05) is 26.4 Å². The lowest BCUT2D eigenvalue weighted by atomic mass is 10.4. The van der Waals surface area contributed by atoms with Crippen molar-refractivity contribution in [2.45, 2.75) is 34.1 Å². The van der Waals surface area contributed by atoms with Gasteiger partial charge in [0.25, 0.3) is 0 Å². The highest BCUT2D eigenvalue weighted by Crippen LogP contribution is 1.93. The first-order valence-corrected chi connectivity index (χ1v) is 4.64. The molecule has 3 nitrogen and oxygen atoms in total. The summed E-state index contributed by atoms with van der Waals surface area (Å²) in [5.41, 5.74) is 0. The van der Waals surface area contributed by atoms with Crippen LogP contribution in [0.25, 0.3) is 0 Å². The Balaban J connectivity index is 0. The lowest BCUT2D eigenvalue weighted by molar-refractivity contribution is 0.537. The molecule has 0 bridgehead atoms. The fourth-order valence-corrected chi connectivity index (χ4v) is 0.646. The molecule has 0 unspecified atom stereocenters. The second-order valence-corrected chi connectivity index (χ2v) is 2.05. The summed E-state index contributed by atoms with van der Waals surface area (Å²) in [4.78, 5) is 4.16. The van der Waals surface area contributed by atoms with Crippen LogP contribution in [0.15, 0.2) is 22.4 Å². The van der Waals surface area contributed by atoms with Crippen LogP contribution in [-0.4, -0.2) is 24.6 Å². The Morgan fingerprint density at radius 2 is 2.00 bits per heavy atom. The van der Waals surface area contributed by atoms with E-state index in [1.807, 2.05) is 40.8 Å². The molecule has 0 aliphatic rings. The van der Waals surface area contributed by atoms with Gasteiger partial charge in [-0.25, -0.2) is 4.99 Å². The van der Waals surface area contributed by atoms with Crippen molar-refractivity contribution in [2.24, 2.45) is 10.1 Å². The monoisotopic (exact) mass is 183 g/mol. The minimum absolute atomic E-state index is 0.861. The van der Waals surface area contributed by atoms with Crippen LogP contribution in [0.5, 0.6) is 0 Å². The molecule has 0 amide bonds. The first-order chi connectivity index (χ1) is 6.26. The van der Waals surface area contributed by atoms with Gasteiger partial charge >= 0.3 is 0 Å². The predicted octanol–water partition coefficient (Wildman–Crippen LogP) is 2.90. The minimum Gasteiger partial charge on any atom is -0.255 e. The maximum Gasteiger partial charge on any atom is 0.124 e. The zero-order chi connectivity index (χ0) is 10.7. The molecule has 0 fully saturated rings. The molecule has 0 saturated carbocycles. The van der Waals surface area contributed by atoms with Crippen molar-refractivity contribution in [3.63, 3.8) is 0 Å². The van der Waals surface area contributed by atoms with Crippen LogP contribution in [-0.2, 0) is 0 Å². The van der Waals surface area contributed by atoms with Gasteiger partial charge in [-0.05, 0) is 6.92 Å². The number of hydrazone groups is 1. The van der Waals surface area contributed by atoms with Gasteiger partial charge in [-0.15, -0.1) is 0 Å². The van der Waals surface area contributed by atoms with Crippen LogP contribution in [0.3, 0.4) is 0 Å². The second-order valence-electron chi connectivity index (χ2n) is 2.05. The molecule has 0 heterocycles. The molecule has 0 radical (unpaired) electrons. The van der Waals surface area contributed by atoms with Crippen LogP contribution < -0.4 is 0 Å². The topological polar surface area (TPSA) is 28.0 Å². The Hall–Kier alpha value is -1.12. The number of aliphatic imine (C=N–C) groups is 1. The van der Waals surface area contributed by atoms with Gasteiger partial charge < -0.3 is 0 Å². The van der Waals surface area contributed by atoms with E-state index in [0.29, 0.717) is 0 Å². The van der Waals surface area contributed by atoms with Gasteiger partial charge in [0.1, 0.15) is 5.84 Å². The summed E-state index contributed by atoms with van der Waals surface area (Å²) in [6, 6.07) is 0. The molecule has 0 spiro atoms. The summed E-state index contributed by atoms with van der Waals surface area (Å²) in [7, 11) is 1.83. The average Bonchev–Trinajstić information content (AvgIpc) is 2.21. The summed E-state index contributed by atoms with van der Waals surface area (Å²) >= 11 is 0. The Bertz CT molecular complexity index is 171. The summed E-state index contributed by atoms with van der Waals surface area (Å²) in [5.74, 6) is 0.915. The van der Waals surface area contributed by atoms with Gasteiger partial charge in [-0.1, -0.05) is 26.8 Å². The number of amidine groups is 1. The van der Waals surface area contributed by atoms with Crippen molar-refractivity contribution in [2.75, 3.05) is 7.05 Å². The van der Waals surface area contributed by atoms with E-state index in [2.05, 4.69) is 16.8 Å². The highest BCUT2D eigenvalue weighted by Gasteiger charge is 1.97. The summed E-state index contributed by atoms with van der Waals surface area (Å²) in [5, 5.41) is 5.40. The van der Waals surface area contributed by atoms with Crippen LogP contribution in [0, 0.1) is 0 Å². The molecule has 0 aromatic rings. The minimum atomic E-state index is 0.861. The predicted molar refractivity (Wildman–Crippen MR) is 61.2 cm³/mol. The van der Waals surface area contributed by atoms with Crippen molar-refractivity contribution < 1.29 is 0 Å². The molecular weight excluding hydrogens is 162 g/mol. The fourth-order valence-electron chi connectivity index (χ4n) is 0.646. The maximum absolute atomic E-state index is 4.16. The summed E-state index contributed by atoms with van der Waals surface area (Å²) in [6.07, 6.45) is 4.49. The molecule has 0 aromatic carbocycles. The molecule has 0 aromatic heterocycles. The highest BCUT2D eigenvalue weighted by atomic mass is 15.4. The van der Waals surface area contributed by atoms with E-state index in [4.69, 9.17) is 0 Å². The van der Waals surface area contributed by atoms with Crippen LogP contribution in [0.1, 0.15) is 34.1 Å². The number of rotatable bonds is 3. The third-order valence-electron chi connectivity index (χ3n) is 1.27. The molecule has 0 N–H and O–H groups in total. The lowest BCUT2D eigenvalue weighted by Crippen LogP contribution is -2.19. The molecule has 76 valence electrons. The zero-order valence-electron chi connectivity index (χ0n) is 9.41. The SMILES string of the molecule is C=NN(C)C(CC)=N/C=C\C.CC. The first-order valence-electron chi connectivity index (χ1n) is 4.64. The van der Waals surface area contributed by atoms with Gasteiger partial charge in [-0.3, -0.25) is 5.01 Å². The first kappa shape index (κ1) is 14.4. The third-order valence-corrected chi connectivity index (χ3v) is 1.27. The van der Waals surface area contributed by atoms with Crippen LogP contribution in [0.4, 0.5) is 0 Å². The molecule has 0 atom stereocenters. The molecule has 0 aliphatic carbocycles. The Kier molecular flexibility index (Phi) is 12.1. The molecule has 0 aliphatic heterocycles. The van der Waals surface area contributed by atoms with Crippen LogP contribution >= 0.6 is 0 Å². The van der Waals surface area contributed by atoms with Gasteiger partial charge in [0.15, 0.2) is 0 Å². The normalized spacial score (nSPS) is 10.7. The summed E-state index contributed by atoms with van der Waals surface area (Å²) in [6.45, 7) is 11.4. The van der Waals surface area contributed by atoms with Crippen molar-refractivity contribution in [1.29, 1.82) is 0 Å². The van der Waals surface area contributed by atoms with E-state index in [1.54, 1.807) is 11.2 Å². The standard InChI is InChI=1S/C8H15N3.C2H6/c1-5-7-10-8(6-2)11(4)9-3;1-2/h5,7H,3,6H2,1-2,4H3;1-2H3/b7-5-,10-8?;. The number of hydrogen-bond acceptors (Lipinski definition) is 2. The van der Waals surface area contributed by atoms with Crippen LogP contribution in [0.2, 0.25) is 0 Å². The molecule has 13 heavy (non-hydrogen) atoms. The quantitative estimate of drug-likeness (QED) is 0.375. The lowest BCUT2D eigenvalue weighted by Gasteiger charge is -2.11. The second kappa shape index (κ2) is 10.9. The van der Waals surface area contributed by atoms with E-state index in [9.17, 15) is 0 Å². The number of allylic oxidation sites excluding steroid dienone is 1. The Labute approximate surface area is 81.9 Å². The van der Waals surface area contributed by atoms with E-state index in [-0.39, 0.29) is 0 Å². The van der Waals surface area contributed by atoms with E-state index < -0.39 is 0 Å². The van der Waals surface area contributed by atoms with Gasteiger partial charge in [-0.2, -0.15) is 5.10 Å². The third kappa shape index (κ3) is 7.25. The number of hydrogen-bond donors (Lipinski definition) is 0. The molecule has 3 heteroatoms. The zero-order valence-corrected chi connectivity index (χ0v) is 9.41. The number of nitrogens with zero attached hydrogens (tertiary/aromatic N) is 3. The van der Waals surface area contributed by atoms with Crippen molar-refractivity contribution in [3.8, 4) is 0 Å². The Morgan fingerprint density at radius 3 is 2.31 bits per heavy atom. The van der Waals surface area contributed by atoms with Crippen molar-refractivity contribution >= 4 is 12.6 Å². The Morgan fingerprint density at radius 1 is 1.46 bits per heavy atom. The van der Waals surface area contributed by atoms with Crippen molar-refractivity contribution in [1.82, 2.24) is 5.01 Å². The van der Waals surface area contributed by atoms with Gasteiger partial charge in [0.2, 0.25) is 0 Å². The van der Waals surface area contributed by atoms with E-state index >= 15 is 0 Å². The molecular formula is C10H21N3. The summed E-state index contributed by atoms with van der Waals surface area (Å²) < 4.78 is 0. The average molecular weight is 183 g/mol. The molecule has 0 rings (SSSR count). The van der Waals surface area contributed by atoms with Gasteiger partial charge in [0.05, 0.1) is 0 Å². The maximum atomic E-state index is 4.16. The smallest absolute Gasteiger partial charge is 0.124 e. The molecule has 0 saturated heterocycles.